The van der Waals surface area contributed by atoms with E-state index < -0.39 is 23.7 Å². The first-order valence-electron chi connectivity index (χ1n) is 8.31. The molecule has 0 fully saturated rings. The topological polar surface area (TPSA) is 90.5 Å². The lowest BCUT2D eigenvalue weighted by molar-refractivity contribution is -0.141. The molecular weight excluding hydrogens is 337 g/mol. The summed E-state index contributed by atoms with van der Waals surface area (Å²) in [5.41, 5.74) is 1.56. The lowest BCUT2D eigenvalue weighted by Crippen LogP contribution is -2.42. The molecule has 138 valence electrons. The van der Waals surface area contributed by atoms with Gasteiger partial charge >= 0.3 is 5.97 Å². The van der Waals surface area contributed by atoms with Gasteiger partial charge in [0.1, 0.15) is 11.9 Å². The predicted molar refractivity (Wildman–Crippen MR) is 97.2 cm³/mol. The Hall–Kier alpha value is -2.77. The van der Waals surface area contributed by atoms with Crippen molar-refractivity contribution in [1.82, 2.24) is 10.6 Å². The molecule has 0 heterocycles. The van der Waals surface area contributed by atoms with Crippen molar-refractivity contribution in [2.75, 3.05) is 18.4 Å². The van der Waals surface area contributed by atoms with Gasteiger partial charge in [0.15, 0.2) is 0 Å². The second-order valence-corrected chi connectivity index (χ2v) is 5.77. The number of anilines is 1. The Morgan fingerprint density at radius 1 is 1.00 bits per heavy atom. The number of amides is 1. The molecule has 1 atom stereocenters. The van der Waals surface area contributed by atoms with Crippen LogP contribution in [0.1, 0.15) is 12.0 Å². The van der Waals surface area contributed by atoms with Crippen LogP contribution in [0.15, 0.2) is 54.6 Å². The zero-order chi connectivity index (χ0) is 18.8. The van der Waals surface area contributed by atoms with Gasteiger partial charge in [-0.15, -0.1) is 0 Å². The maximum atomic E-state index is 12.8. The molecule has 2 aromatic carbocycles. The smallest absolute Gasteiger partial charge is 0.321 e. The molecule has 0 aromatic heterocycles. The Morgan fingerprint density at radius 2 is 1.69 bits per heavy atom. The molecule has 0 radical (unpaired) electrons. The Bertz CT molecular complexity index is 708. The molecule has 0 bridgehead atoms. The largest absolute Gasteiger partial charge is 0.480 e. The van der Waals surface area contributed by atoms with E-state index >= 15 is 0 Å². The van der Waals surface area contributed by atoms with Crippen LogP contribution >= 0.6 is 0 Å². The highest BCUT2D eigenvalue weighted by Crippen LogP contribution is 2.09. The van der Waals surface area contributed by atoms with Gasteiger partial charge < -0.3 is 21.1 Å². The number of benzene rings is 2. The molecule has 26 heavy (non-hydrogen) atoms. The Labute approximate surface area is 151 Å². The Morgan fingerprint density at radius 3 is 2.35 bits per heavy atom. The van der Waals surface area contributed by atoms with Gasteiger partial charge in [0, 0.05) is 25.3 Å². The van der Waals surface area contributed by atoms with Crippen LogP contribution in [0.2, 0.25) is 0 Å². The first kappa shape index (κ1) is 19.6. The molecule has 6 nitrogen and oxygen atoms in total. The van der Waals surface area contributed by atoms with Gasteiger partial charge in [-0.05, 0) is 29.8 Å². The quantitative estimate of drug-likeness (QED) is 0.487. The molecule has 0 saturated heterocycles. The fraction of sp³-hybridized carbons (Fsp3) is 0.263. The monoisotopic (exact) mass is 359 g/mol. The van der Waals surface area contributed by atoms with Gasteiger partial charge in [0.25, 0.3) is 0 Å². The molecule has 0 unspecified atom stereocenters. The van der Waals surface area contributed by atoms with Gasteiger partial charge in [-0.1, -0.05) is 30.3 Å². The number of hydrogen-bond acceptors (Lipinski definition) is 4. The number of carbonyl (C=O) groups is 2. The third-order valence-electron chi connectivity index (χ3n) is 3.68. The maximum Gasteiger partial charge on any atom is 0.321 e. The summed E-state index contributed by atoms with van der Waals surface area (Å²) in [6, 6.07) is 14.1. The van der Waals surface area contributed by atoms with E-state index in [1.165, 1.54) is 24.3 Å². The van der Waals surface area contributed by atoms with E-state index in [1.807, 2.05) is 30.3 Å². The second kappa shape index (κ2) is 10.3. The fourth-order valence-corrected chi connectivity index (χ4v) is 2.34. The van der Waals surface area contributed by atoms with E-state index in [2.05, 4.69) is 16.0 Å². The second-order valence-electron chi connectivity index (χ2n) is 5.77. The van der Waals surface area contributed by atoms with Crippen molar-refractivity contribution >= 4 is 17.6 Å². The van der Waals surface area contributed by atoms with Crippen molar-refractivity contribution in [3.63, 3.8) is 0 Å². The number of carbonyl (C=O) groups excluding carboxylic acids is 1. The van der Waals surface area contributed by atoms with Crippen molar-refractivity contribution in [2.45, 2.75) is 19.0 Å². The average molecular weight is 359 g/mol. The number of carboxylic acids is 1. The normalized spacial score (nSPS) is 11.7. The van der Waals surface area contributed by atoms with Crippen LogP contribution in [0.3, 0.4) is 0 Å². The average Bonchev–Trinajstić information content (AvgIpc) is 2.63. The Kier molecular flexibility index (Phi) is 7.73. The highest BCUT2D eigenvalue weighted by Gasteiger charge is 2.20. The molecular formula is C19H22FN3O3. The number of halogens is 1. The van der Waals surface area contributed by atoms with E-state index in [0.29, 0.717) is 25.3 Å². The van der Waals surface area contributed by atoms with E-state index in [1.54, 1.807) is 0 Å². The molecule has 2 aromatic rings. The first-order valence-corrected chi connectivity index (χ1v) is 8.31. The molecule has 4 N–H and O–H groups in total. The number of rotatable bonds is 10. The number of carboxylic acid groups (broad SMARTS) is 1. The summed E-state index contributed by atoms with van der Waals surface area (Å²) < 4.78 is 12.8. The third kappa shape index (κ3) is 7.00. The van der Waals surface area contributed by atoms with Gasteiger partial charge in [-0.25, -0.2) is 4.39 Å². The van der Waals surface area contributed by atoms with Gasteiger partial charge in [-0.3, -0.25) is 9.59 Å². The molecule has 0 aliphatic heterocycles. The SMILES string of the molecule is O=C(C[C@@H](NCCNCc1ccccc1)C(=O)O)Nc1ccc(F)cc1. The lowest BCUT2D eigenvalue weighted by atomic mass is 10.2. The molecule has 0 spiro atoms. The zero-order valence-corrected chi connectivity index (χ0v) is 14.2. The van der Waals surface area contributed by atoms with E-state index in [9.17, 15) is 19.1 Å². The zero-order valence-electron chi connectivity index (χ0n) is 14.2. The maximum absolute atomic E-state index is 12.8. The minimum absolute atomic E-state index is 0.217. The van der Waals surface area contributed by atoms with Crippen LogP contribution < -0.4 is 16.0 Å². The van der Waals surface area contributed by atoms with E-state index in [4.69, 9.17) is 0 Å². The summed E-state index contributed by atoms with van der Waals surface area (Å²) in [7, 11) is 0. The minimum atomic E-state index is -1.10. The van der Waals surface area contributed by atoms with Crippen LogP contribution in [-0.4, -0.2) is 36.1 Å². The highest BCUT2D eigenvalue weighted by atomic mass is 19.1. The minimum Gasteiger partial charge on any atom is -0.480 e. The number of hydrogen-bond donors (Lipinski definition) is 4. The fourth-order valence-electron chi connectivity index (χ4n) is 2.34. The lowest BCUT2D eigenvalue weighted by Gasteiger charge is -2.15. The standard InChI is InChI=1S/C19H22FN3O3/c20-15-6-8-16(9-7-15)23-18(24)12-17(19(25)26)22-11-10-21-13-14-4-2-1-3-5-14/h1-9,17,21-22H,10-13H2,(H,23,24)(H,25,26)/t17-/m1/s1. The molecule has 2 rings (SSSR count). The molecule has 1 amide bonds. The number of aliphatic carboxylic acids is 1. The Balaban J connectivity index is 1.71. The number of nitrogens with one attached hydrogen (secondary N) is 3. The van der Waals surface area contributed by atoms with Crippen molar-refractivity contribution in [3.8, 4) is 0 Å². The molecule has 0 aliphatic carbocycles. The summed E-state index contributed by atoms with van der Waals surface area (Å²) in [6.07, 6.45) is -0.217. The van der Waals surface area contributed by atoms with Gasteiger partial charge in [-0.2, -0.15) is 0 Å². The third-order valence-corrected chi connectivity index (χ3v) is 3.68. The van der Waals surface area contributed by atoms with Crippen molar-refractivity contribution in [2.24, 2.45) is 0 Å². The summed E-state index contributed by atoms with van der Waals surface area (Å²) >= 11 is 0. The van der Waals surface area contributed by atoms with Crippen LogP contribution in [0.25, 0.3) is 0 Å². The highest BCUT2D eigenvalue weighted by molar-refractivity contribution is 5.94. The predicted octanol–water partition coefficient (Wildman–Crippen LogP) is 1.99. The molecule has 0 saturated carbocycles. The first-order chi connectivity index (χ1) is 12.5. The van der Waals surface area contributed by atoms with Gasteiger partial charge in [0.2, 0.25) is 5.91 Å². The van der Waals surface area contributed by atoms with Crippen molar-refractivity contribution < 1.29 is 19.1 Å². The van der Waals surface area contributed by atoms with Crippen LogP contribution in [-0.2, 0) is 16.1 Å². The van der Waals surface area contributed by atoms with Crippen molar-refractivity contribution in [3.05, 3.63) is 66.0 Å². The summed E-state index contributed by atoms with van der Waals surface area (Å²) in [5, 5.41) is 17.9. The molecule has 7 heteroatoms. The van der Waals surface area contributed by atoms with Gasteiger partial charge in [0.05, 0.1) is 6.42 Å². The van der Waals surface area contributed by atoms with Crippen LogP contribution in [0.5, 0.6) is 0 Å². The molecule has 0 aliphatic rings. The van der Waals surface area contributed by atoms with E-state index in [0.717, 1.165) is 5.56 Å². The summed E-state index contributed by atoms with van der Waals surface area (Å²) in [5.74, 6) is -1.95. The van der Waals surface area contributed by atoms with E-state index in [-0.39, 0.29) is 6.42 Å². The van der Waals surface area contributed by atoms with Crippen LogP contribution in [0, 0.1) is 5.82 Å². The van der Waals surface area contributed by atoms with Crippen LogP contribution in [0.4, 0.5) is 10.1 Å². The van der Waals surface area contributed by atoms with Crippen molar-refractivity contribution in [1.29, 1.82) is 0 Å². The summed E-state index contributed by atoms with van der Waals surface area (Å²) in [6.45, 7) is 1.66. The summed E-state index contributed by atoms with van der Waals surface area (Å²) in [4.78, 5) is 23.3.